The molecule has 19 aliphatic rings. The zero-order chi connectivity index (χ0) is 39.0. The lowest BCUT2D eigenvalue weighted by atomic mass is 9.56. The highest BCUT2D eigenvalue weighted by Crippen LogP contribution is 2.66. The van der Waals surface area contributed by atoms with Crippen molar-refractivity contribution in [3.05, 3.63) is 12.2 Å². The van der Waals surface area contributed by atoms with E-state index in [2.05, 4.69) is 12.2 Å². The fourth-order valence-electron chi connectivity index (χ4n) is 15.7. The van der Waals surface area contributed by atoms with Gasteiger partial charge in [0.25, 0.3) is 0 Å². The Bertz CT molecular complexity index is 1060. The topological polar surface area (TPSA) is 0 Å². The van der Waals surface area contributed by atoms with Crippen molar-refractivity contribution in [1.82, 2.24) is 0 Å². The van der Waals surface area contributed by atoms with Crippen LogP contribution in [0.1, 0.15) is 270 Å². The molecule has 330 valence electrons. The molecule has 0 unspecified atom stereocenters. The molecule has 0 N–H and O–H groups in total. The van der Waals surface area contributed by atoms with E-state index >= 15 is 0 Å². The first-order valence-electron chi connectivity index (χ1n) is 28.2. The van der Waals surface area contributed by atoms with Gasteiger partial charge in [-0.15, -0.1) is 0 Å². The quantitative estimate of drug-likeness (QED) is 0.214. The molecular weight excluding hydrogens is 697 g/mol. The number of fused-ring (bicyclic) bond motifs is 12. The Balaban J connectivity index is 0.0000000892. The van der Waals surface area contributed by atoms with Crippen molar-refractivity contribution >= 4 is 0 Å². The summed E-state index contributed by atoms with van der Waals surface area (Å²) in [5, 5.41) is 0. The zero-order valence-electron chi connectivity index (χ0n) is 38.8. The van der Waals surface area contributed by atoms with Crippen LogP contribution in [-0.2, 0) is 0 Å². The van der Waals surface area contributed by atoms with Gasteiger partial charge in [-0.1, -0.05) is 153 Å². The zero-order valence-corrected chi connectivity index (χ0v) is 38.8. The average Bonchev–Trinajstić information content (AvgIpc) is 4.02. The first-order valence-corrected chi connectivity index (χ1v) is 28.2. The summed E-state index contributed by atoms with van der Waals surface area (Å²) in [6.45, 7) is 0. The highest BCUT2D eigenvalue weighted by molar-refractivity contribution is 5.04. The lowest BCUT2D eigenvalue weighted by Crippen LogP contribution is -2.38. The van der Waals surface area contributed by atoms with Gasteiger partial charge < -0.3 is 0 Å². The molecule has 0 nitrogen and oxygen atoms in total. The number of hydrogen-bond acceptors (Lipinski definition) is 0. The van der Waals surface area contributed by atoms with Crippen molar-refractivity contribution in [1.29, 1.82) is 0 Å². The Hall–Kier alpha value is -0.260. The summed E-state index contributed by atoms with van der Waals surface area (Å²) in [4.78, 5) is 0. The molecule has 58 heavy (non-hydrogen) atoms. The van der Waals surface area contributed by atoms with Crippen molar-refractivity contribution in [2.24, 2.45) is 81.8 Å². The standard InChI is InChI=1S/C11H20.C11H18.C10H16.C10H18.C6H10.2C5H8/c2*1-4-10-6-2-7-11(5-1)9-3-8-10;1-7-2-9-4-8(1)5-10(3-7)6-9;1-2-6-10-8-4-3-7-9(10)5-1;1-2-6(3-1)4-5-6;1-4-2-5(1)3-4;1-2-5(1)3-4-5/h10-11H,1-9H2;1,4,10-11H,2-3,5-9H2;7-10H,1-6H2;9-10H,1-8H2;1-5H2;4-5H,1-3H2;1-4H2. The SMILES string of the molecule is C1=CC2CCCC(C1)CCC2.C1C2CC1C2.C1C2CC3CC1CC(C2)C3.C1CC12CC2.C1CC2(C1)CC2.C1CC2CCCC(C1)CCC2.C1CCC2CCCCC2C1. The van der Waals surface area contributed by atoms with Crippen LogP contribution in [0.15, 0.2) is 12.2 Å². The van der Waals surface area contributed by atoms with E-state index < -0.39 is 0 Å². The molecule has 17 saturated carbocycles. The molecule has 0 heteroatoms. The minimum Gasteiger partial charge on any atom is -0.0880 e. The molecule has 0 radical (unpaired) electrons. The van der Waals surface area contributed by atoms with Crippen LogP contribution in [0.25, 0.3) is 0 Å². The van der Waals surface area contributed by atoms with Crippen LogP contribution in [0.5, 0.6) is 0 Å². The molecule has 0 aromatic carbocycles. The monoisotopic (exact) mass is 795 g/mol. The van der Waals surface area contributed by atoms with Crippen LogP contribution in [0.3, 0.4) is 0 Å². The highest BCUT2D eigenvalue weighted by atomic mass is 14.6. The molecule has 10 bridgehead atoms. The van der Waals surface area contributed by atoms with Crippen molar-refractivity contribution in [3.8, 4) is 0 Å². The van der Waals surface area contributed by atoms with E-state index in [9.17, 15) is 0 Å². The van der Waals surface area contributed by atoms with E-state index in [0.717, 1.165) is 46.3 Å². The van der Waals surface area contributed by atoms with Gasteiger partial charge in [-0.05, 0) is 210 Å². The Morgan fingerprint density at radius 2 is 0.569 bits per heavy atom. The average molecular weight is 795 g/mol. The third-order valence-corrected chi connectivity index (χ3v) is 20.7. The predicted molar refractivity (Wildman–Crippen MR) is 250 cm³/mol. The van der Waals surface area contributed by atoms with E-state index in [0.29, 0.717) is 0 Å². The first kappa shape index (κ1) is 43.0. The summed E-state index contributed by atoms with van der Waals surface area (Å²) in [6.07, 6.45) is 69.9. The van der Waals surface area contributed by atoms with Crippen molar-refractivity contribution in [2.45, 2.75) is 270 Å². The largest absolute Gasteiger partial charge is 0.0880 e. The van der Waals surface area contributed by atoms with Gasteiger partial charge in [0.2, 0.25) is 0 Å². The highest BCUT2D eigenvalue weighted by Gasteiger charge is 2.52. The van der Waals surface area contributed by atoms with E-state index in [1.165, 1.54) is 132 Å². The maximum absolute atomic E-state index is 2.48. The molecule has 0 heterocycles. The second-order valence-corrected chi connectivity index (χ2v) is 25.4. The lowest BCUT2D eigenvalue weighted by Gasteiger charge is -2.49. The summed E-state index contributed by atoms with van der Waals surface area (Å²) in [6, 6.07) is 0. The van der Waals surface area contributed by atoms with E-state index in [1.54, 1.807) is 173 Å². The molecule has 19 rings (SSSR count). The van der Waals surface area contributed by atoms with Gasteiger partial charge in [-0.2, -0.15) is 0 Å². The molecule has 0 aromatic rings. The molecule has 0 atom stereocenters. The minimum atomic E-state index is 0.941. The fraction of sp³-hybridized carbons (Fsp3) is 0.966. The maximum atomic E-state index is 2.48. The summed E-state index contributed by atoms with van der Waals surface area (Å²) >= 11 is 0. The third-order valence-electron chi connectivity index (χ3n) is 20.7. The minimum absolute atomic E-state index is 0.941. The van der Waals surface area contributed by atoms with Gasteiger partial charge >= 0.3 is 0 Å². The molecule has 0 aliphatic heterocycles. The molecule has 19 aliphatic carbocycles. The Kier molecular flexibility index (Phi) is 15.5. The van der Waals surface area contributed by atoms with Gasteiger partial charge in [0.1, 0.15) is 0 Å². The van der Waals surface area contributed by atoms with Crippen LogP contribution in [-0.4, -0.2) is 0 Å². The van der Waals surface area contributed by atoms with E-state index in [4.69, 9.17) is 0 Å². The van der Waals surface area contributed by atoms with Gasteiger partial charge in [0.05, 0.1) is 0 Å². The third kappa shape index (κ3) is 13.1. The summed E-state index contributed by atoms with van der Waals surface area (Å²) < 4.78 is 0. The van der Waals surface area contributed by atoms with Crippen molar-refractivity contribution in [2.75, 3.05) is 0 Å². The molecule has 17 fully saturated rings. The molecule has 0 saturated heterocycles. The van der Waals surface area contributed by atoms with Gasteiger partial charge in [0.15, 0.2) is 0 Å². The maximum Gasteiger partial charge on any atom is -0.0234 e. The van der Waals surface area contributed by atoms with Gasteiger partial charge in [-0.25, -0.2) is 0 Å². The normalized spacial score (nSPS) is 43.6. The molecule has 0 amide bonds. The van der Waals surface area contributed by atoms with Crippen molar-refractivity contribution in [3.63, 3.8) is 0 Å². The van der Waals surface area contributed by atoms with Crippen LogP contribution in [0.2, 0.25) is 0 Å². The first-order chi connectivity index (χ1) is 28.5. The van der Waals surface area contributed by atoms with Gasteiger partial charge in [0, 0.05) is 0 Å². The Morgan fingerprint density at radius 1 is 0.259 bits per heavy atom. The predicted octanol–water partition coefficient (Wildman–Crippen LogP) is 18.4. The summed E-state index contributed by atoms with van der Waals surface area (Å²) in [5.74, 6) is 13.7. The Labute approximate surface area is 362 Å². The number of allylic oxidation sites excluding steroid dienone is 2. The van der Waals surface area contributed by atoms with Crippen LogP contribution in [0, 0.1) is 81.8 Å². The lowest BCUT2D eigenvalue weighted by molar-refractivity contribution is 0.0197. The second-order valence-electron chi connectivity index (χ2n) is 25.4. The van der Waals surface area contributed by atoms with Crippen LogP contribution >= 0.6 is 0 Å². The Morgan fingerprint density at radius 3 is 0.845 bits per heavy atom. The molecule has 2 spiro atoms. The second kappa shape index (κ2) is 20.9. The smallest absolute Gasteiger partial charge is 0.0234 e. The van der Waals surface area contributed by atoms with Crippen molar-refractivity contribution < 1.29 is 0 Å². The summed E-state index contributed by atoms with van der Waals surface area (Å²) in [7, 11) is 0. The van der Waals surface area contributed by atoms with Crippen LogP contribution in [0.4, 0.5) is 0 Å². The number of rotatable bonds is 0. The molecular formula is C58H98. The molecule has 0 aromatic heterocycles. The van der Waals surface area contributed by atoms with E-state index in [-0.39, 0.29) is 0 Å². The fourth-order valence-corrected chi connectivity index (χ4v) is 15.7. The number of hydrogen-bond donors (Lipinski definition) is 0. The van der Waals surface area contributed by atoms with Gasteiger partial charge in [-0.3, -0.25) is 0 Å². The van der Waals surface area contributed by atoms with E-state index in [1.807, 2.05) is 0 Å². The van der Waals surface area contributed by atoms with Crippen LogP contribution < -0.4 is 0 Å². The summed E-state index contributed by atoms with van der Waals surface area (Å²) in [5.41, 5.74) is 1.97.